The molecule has 0 aromatic heterocycles. The molecule has 0 unspecified atom stereocenters. The lowest BCUT2D eigenvalue weighted by Gasteiger charge is -2.07. The van der Waals surface area contributed by atoms with E-state index in [0.717, 1.165) is 11.4 Å². The topological polar surface area (TPSA) is 26.0 Å². The Morgan fingerprint density at radius 1 is 1.06 bits per heavy atom. The Balaban J connectivity index is 2.11. The second-order valence-electron chi connectivity index (χ2n) is 4.47. The van der Waals surface area contributed by atoms with Gasteiger partial charge < -0.3 is 5.73 Å². The molecule has 0 aliphatic rings. The highest BCUT2D eigenvalue weighted by Gasteiger charge is 2.02. The van der Waals surface area contributed by atoms with Gasteiger partial charge in [-0.1, -0.05) is 29.3 Å². The predicted octanol–water partition coefficient (Wildman–Crippen LogP) is 4.78. The van der Waals surface area contributed by atoms with E-state index < -0.39 is 0 Å². The van der Waals surface area contributed by atoms with Gasteiger partial charge in [-0.05, 0) is 60.2 Å². The monoisotopic (exact) mass is 369 g/mol. The van der Waals surface area contributed by atoms with Gasteiger partial charge in [-0.25, -0.2) is 0 Å². The van der Waals surface area contributed by atoms with Gasteiger partial charge in [-0.15, -0.1) is 11.8 Å². The van der Waals surface area contributed by atoms with Crippen molar-refractivity contribution in [3.05, 3.63) is 56.7 Å². The molecule has 0 amide bonds. The van der Waals surface area contributed by atoms with Crippen LogP contribution in [-0.4, -0.2) is 0 Å². The van der Waals surface area contributed by atoms with E-state index in [1.807, 2.05) is 23.9 Å². The zero-order valence-corrected chi connectivity index (χ0v) is 13.5. The van der Waals surface area contributed by atoms with E-state index in [9.17, 15) is 0 Å². The first-order chi connectivity index (χ1) is 8.54. The van der Waals surface area contributed by atoms with Crippen molar-refractivity contribution >= 4 is 40.0 Å². The minimum absolute atomic E-state index is 0.829. The fourth-order valence-electron chi connectivity index (χ4n) is 1.95. The number of hydrogen-bond acceptors (Lipinski definition) is 2. The van der Waals surface area contributed by atoms with Crippen LogP contribution < -0.4 is 5.73 Å². The van der Waals surface area contributed by atoms with Crippen LogP contribution in [0.25, 0.3) is 0 Å². The molecule has 0 heterocycles. The van der Waals surface area contributed by atoms with Crippen LogP contribution in [-0.2, 0) is 5.75 Å². The highest BCUT2D eigenvalue weighted by atomic mass is 127. The highest BCUT2D eigenvalue weighted by molar-refractivity contribution is 14.1. The summed E-state index contributed by atoms with van der Waals surface area (Å²) in [5, 5.41) is 0. The Labute approximate surface area is 126 Å². The molecule has 2 aromatic carbocycles. The number of nitrogen functional groups attached to an aromatic ring is 1. The van der Waals surface area contributed by atoms with Gasteiger partial charge in [0.2, 0.25) is 0 Å². The lowest BCUT2D eigenvalue weighted by atomic mass is 10.1. The third-order valence-corrected chi connectivity index (χ3v) is 5.03. The van der Waals surface area contributed by atoms with Crippen molar-refractivity contribution in [1.29, 1.82) is 0 Å². The number of benzene rings is 2. The Bertz CT molecular complexity index is 546. The molecule has 0 atom stereocenters. The Hall–Kier alpha value is -0.680. The molecule has 0 radical (unpaired) electrons. The van der Waals surface area contributed by atoms with Crippen molar-refractivity contribution in [3.8, 4) is 0 Å². The molecule has 0 aliphatic carbocycles. The van der Waals surface area contributed by atoms with Gasteiger partial charge in [0, 0.05) is 19.9 Å². The molecule has 94 valence electrons. The van der Waals surface area contributed by atoms with Gasteiger partial charge in [0.15, 0.2) is 0 Å². The molecule has 0 spiro atoms. The average Bonchev–Trinajstić information content (AvgIpc) is 2.26. The number of thioether (sulfide) groups is 1. The molecule has 0 bridgehead atoms. The number of nitrogens with two attached hydrogens (primary N) is 1. The van der Waals surface area contributed by atoms with E-state index in [1.54, 1.807) is 0 Å². The molecule has 2 rings (SSSR count). The van der Waals surface area contributed by atoms with Crippen molar-refractivity contribution < 1.29 is 0 Å². The van der Waals surface area contributed by atoms with Crippen LogP contribution in [0.2, 0.25) is 0 Å². The van der Waals surface area contributed by atoms with Crippen LogP contribution in [0.3, 0.4) is 0 Å². The van der Waals surface area contributed by atoms with Gasteiger partial charge in [-0.2, -0.15) is 0 Å². The summed E-state index contributed by atoms with van der Waals surface area (Å²) in [7, 11) is 0. The summed E-state index contributed by atoms with van der Waals surface area (Å²) in [5.74, 6) is 1.00. The number of aryl methyl sites for hydroxylation is 2. The number of anilines is 1. The molecule has 0 aliphatic heterocycles. The lowest BCUT2D eigenvalue weighted by Crippen LogP contribution is -1.89. The molecule has 18 heavy (non-hydrogen) atoms. The fraction of sp³-hybridized carbons (Fsp3) is 0.200. The predicted molar refractivity (Wildman–Crippen MR) is 89.0 cm³/mol. The first kappa shape index (κ1) is 13.7. The molecule has 2 N–H and O–H groups in total. The number of rotatable bonds is 3. The van der Waals surface area contributed by atoms with E-state index >= 15 is 0 Å². The van der Waals surface area contributed by atoms with Crippen LogP contribution in [0.15, 0.2) is 41.3 Å². The molecule has 0 saturated heterocycles. The summed E-state index contributed by atoms with van der Waals surface area (Å²) in [6, 6.07) is 12.8. The second kappa shape index (κ2) is 5.97. The van der Waals surface area contributed by atoms with Gasteiger partial charge in [0.1, 0.15) is 0 Å². The highest BCUT2D eigenvalue weighted by Crippen LogP contribution is 2.29. The SMILES string of the molecule is Cc1cc(C)cc(CSc2ccc(N)cc2I)c1. The normalized spacial score (nSPS) is 10.6. The molecule has 2 aromatic rings. The summed E-state index contributed by atoms with van der Waals surface area (Å²) in [6.07, 6.45) is 0. The standard InChI is InChI=1S/C15H16INS/c1-10-5-11(2)7-12(6-10)9-18-15-4-3-13(17)8-14(15)16/h3-8H,9,17H2,1-2H3. The zero-order chi connectivity index (χ0) is 13.1. The maximum Gasteiger partial charge on any atom is 0.0325 e. The van der Waals surface area contributed by atoms with Gasteiger partial charge in [0.25, 0.3) is 0 Å². The first-order valence-corrected chi connectivity index (χ1v) is 7.86. The Morgan fingerprint density at radius 3 is 2.33 bits per heavy atom. The van der Waals surface area contributed by atoms with E-state index in [0.29, 0.717) is 0 Å². The second-order valence-corrected chi connectivity index (χ2v) is 6.65. The van der Waals surface area contributed by atoms with Crippen molar-refractivity contribution in [2.45, 2.75) is 24.5 Å². The summed E-state index contributed by atoms with van der Waals surface area (Å²) in [4.78, 5) is 1.30. The summed E-state index contributed by atoms with van der Waals surface area (Å²) in [6.45, 7) is 4.29. The van der Waals surface area contributed by atoms with Gasteiger partial charge in [-0.3, -0.25) is 0 Å². The molecular weight excluding hydrogens is 353 g/mol. The third kappa shape index (κ3) is 3.65. The molecule has 3 heteroatoms. The lowest BCUT2D eigenvalue weighted by molar-refractivity contribution is 1.29. The molecule has 0 fully saturated rings. The molecular formula is C15H16INS. The third-order valence-electron chi connectivity index (χ3n) is 2.63. The van der Waals surface area contributed by atoms with Crippen LogP contribution in [0.5, 0.6) is 0 Å². The van der Waals surface area contributed by atoms with Crippen LogP contribution in [0.4, 0.5) is 5.69 Å². The van der Waals surface area contributed by atoms with Crippen LogP contribution >= 0.6 is 34.4 Å². The largest absolute Gasteiger partial charge is 0.399 e. The minimum atomic E-state index is 0.829. The zero-order valence-electron chi connectivity index (χ0n) is 10.5. The smallest absolute Gasteiger partial charge is 0.0325 e. The first-order valence-electron chi connectivity index (χ1n) is 5.79. The van der Waals surface area contributed by atoms with Crippen LogP contribution in [0.1, 0.15) is 16.7 Å². The summed E-state index contributed by atoms with van der Waals surface area (Å²) < 4.78 is 1.22. The van der Waals surface area contributed by atoms with Crippen molar-refractivity contribution in [1.82, 2.24) is 0 Å². The van der Waals surface area contributed by atoms with Gasteiger partial charge in [0.05, 0.1) is 0 Å². The Morgan fingerprint density at radius 2 is 1.72 bits per heavy atom. The van der Waals surface area contributed by atoms with E-state index in [4.69, 9.17) is 5.73 Å². The van der Waals surface area contributed by atoms with Crippen molar-refractivity contribution in [3.63, 3.8) is 0 Å². The molecule has 1 nitrogen and oxygen atoms in total. The number of hydrogen-bond donors (Lipinski definition) is 1. The van der Waals surface area contributed by atoms with E-state index in [2.05, 4.69) is 60.7 Å². The van der Waals surface area contributed by atoms with E-state index in [1.165, 1.54) is 25.2 Å². The van der Waals surface area contributed by atoms with Crippen molar-refractivity contribution in [2.75, 3.05) is 5.73 Å². The van der Waals surface area contributed by atoms with E-state index in [-0.39, 0.29) is 0 Å². The maximum absolute atomic E-state index is 5.76. The quantitative estimate of drug-likeness (QED) is 0.479. The average molecular weight is 369 g/mol. The minimum Gasteiger partial charge on any atom is -0.399 e. The van der Waals surface area contributed by atoms with Gasteiger partial charge >= 0.3 is 0 Å². The van der Waals surface area contributed by atoms with Crippen LogP contribution in [0, 0.1) is 17.4 Å². The fourth-order valence-corrected chi connectivity index (χ4v) is 3.80. The number of halogens is 1. The molecule has 0 saturated carbocycles. The van der Waals surface area contributed by atoms with Crippen molar-refractivity contribution in [2.24, 2.45) is 0 Å². The summed E-state index contributed by atoms with van der Waals surface area (Å²) >= 11 is 4.20. The summed E-state index contributed by atoms with van der Waals surface area (Å²) in [5.41, 5.74) is 10.6. The Kier molecular flexibility index (Phi) is 4.56. The maximum atomic E-state index is 5.76.